The summed E-state index contributed by atoms with van der Waals surface area (Å²) in [6, 6.07) is 4.74. The number of carbonyl (C=O) groups excluding carboxylic acids is 1. The van der Waals surface area contributed by atoms with Gasteiger partial charge in [-0.05, 0) is 18.2 Å². The molecule has 2 rings (SSSR count). The molecule has 1 amide bonds. The van der Waals surface area contributed by atoms with E-state index in [-0.39, 0.29) is 5.91 Å². The number of hydrogen-bond acceptors (Lipinski definition) is 3. The number of carbonyl (C=O) groups is 1. The Kier molecular flexibility index (Phi) is 2.08. The zero-order valence-electron chi connectivity index (χ0n) is 7.89. The van der Waals surface area contributed by atoms with Crippen molar-refractivity contribution < 1.29 is 13.2 Å². The number of hydrogen-bond donors (Lipinski definition) is 1. The highest BCUT2D eigenvalue weighted by molar-refractivity contribution is 7.92. The first-order chi connectivity index (χ1) is 6.94. The molecule has 6 heteroatoms. The Balaban J connectivity index is 2.50. The molecule has 0 saturated carbocycles. The van der Waals surface area contributed by atoms with Crippen LogP contribution in [0, 0.1) is 0 Å². The number of nitrogens with zero attached hydrogens (tertiary/aromatic N) is 1. The summed E-state index contributed by atoms with van der Waals surface area (Å²) in [5.74, 6) is -0.318. The molecular weight excluding hydrogens is 216 g/mol. The van der Waals surface area contributed by atoms with Crippen molar-refractivity contribution in [1.82, 2.24) is 0 Å². The maximum absolute atomic E-state index is 11.0. The third kappa shape index (κ3) is 2.21. The van der Waals surface area contributed by atoms with Crippen molar-refractivity contribution in [2.24, 2.45) is 4.99 Å². The summed E-state index contributed by atoms with van der Waals surface area (Å²) in [5, 5.41) is 1.20. The van der Waals surface area contributed by atoms with Crippen LogP contribution in [0.4, 0.5) is 5.69 Å². The molecule has 1 aliphatic rings. The molecule has 0 aromatic heterocycles. The van der Waals surface area contributed by atoms with Gasteiger partial charge >= 0.3 is 0 Å². The molecule has 0 radical (unpaired) electrons. The number of fused-ring (bicyclic) bond motifs is 1. The average molecular weight is 224 g/mol. The van der Waals surface area contributed by atoms with E-state index in [9.17, 15) is 13.2 Å². The summed E-state index contributed by atoms with van der Waals surface area (Å²) in [5.41, 5.74) is 0.428. The molecular formula is C9H8N2O3S. The van der Waals surface area contributed by atoms with Gasteiger partial charge in [-0.3, -0.25) is 9.52 Å². The van der Waals surface area contributed by atoms with E-state index >= 15 is 0 Å². The summed E-state index contributed by atoms with van der Waals surface area (Å²) >= 11 is 0. The van der Waals surface area contributed by atoms with E-state index in [1.807, 2.05) is 0 Å². The molecule has 15 heavy (non-hydrogen) atoms. The van der Waals surface area contributed by atoms with Crippen LogP contribution in [0.25, 0.3) is 6.08 Å². The van der Waals surface area contributed by atoms with Gasteiger partial charge in [0.25, 0.3) is 5.91 Å². The lowest BCUT2D eigenvalue weighted by Gasteiger charge is -2.01. The smallest absolute Gasteiger partial charge is 0.270 e. The first-order valence-electron chi connectivity index (χ1n) is 4.16. The third-order valence-corrected chi connectivity index (χ3v) is 2.45. The van der Waals surface area contributed by atoms with E-state index in [1.54, 1.807) is 18.2 Å². The lowest BCUT2D eigenvalue weighted by Crippen LogP contribution is -2.22. The van der Waals surface area contributed by atoms with Crippen LogP contribution in [0.3, 0.4) is 0 Å². The van der Waals surface area contributed by atoms with Crippen molar-refractivity contribution in [2.75, 3.05) is 11.0 Å². The third-order valence-electron chi connectivity index (χ3n) is 1.84. The molecule has 0 unspecified atom stereocenters. The molecule has 0 bridgehead atoms. The van der Waals surface area contributed by atoms with E-state index in [2.05, 4.69) is 9.71 Å². The van der Waals surface area contributed by atoms with Crippen LogP contribution < -0.4 is 15.3 Å². The van der Waals surface area contributed by atoms with Crippen molar-refractivity contribution in [3.05, 3.63) is 28.8 Å². The number of anilines is 1. The fraction of sp³-hybridized carbons (Fsp3) is 0.111. The van der Waals surface area contributed by atoms with Crippen LogP contribution >= 0.6 is 0 Å². The highest BCUT2D eigenvalue weighted by Gasteiger charge is 2.05. The predicted molar refractivity (Wildman–Crippen MR) is 55.2 cm³/mol. The van der Waals surface area contributed by atoms with E-state index in [0.29, 0.717) is 16.3 Å². The maximum atomic E-state index is 11.0. The van der Waals surface area contributed by atoms with Crippen LogP contribution in [0.2, 0.25) is 0 Å². The summed E-state index contributed by atoms with van der Waals surface area (Å²) in [7, 11) is -3.29. The monoisotopic (exact) mass is 224 g/mol. The number of sulfonamides is 1. The minimum absolute atomic E-state index is 0.318. The molecule has 1 heterocycles. The van der Waals surface area contributed by atoms with Crippen LogP contribution in [-0.2, 0) is 14.8 Å². The minimum atomic E-state index is -3.29. The number of benzene rings is 1. The minimum Gasteiger partial charge on any atom is -0.284 e. The lowest BCUT2D eigenvalue weighted by molar-refractivity contribution is -0.112. The number of rotatable bonds is 2. The van der Waals surface area contributed by atoms with Gasteiger partial charge in [0.05, 0.1) is 11.6 Å². The molecule has 1 aromatic rings. The highest BCUT2D eigenvalue weighted by Crippen LogP contribution is 2.03. The van der Waals surface area contributed by atoms with Crippen LogP contribution in [0.5, 0.6) is 0 Å². The zero-order chi connectivity index (χ0) is 11.1. The van der Waals surface area contributed by atoms with E-state index in [4.69, 9.17) is 0 Å². The summed E-state index contributed by atoms with van der Waals surface area (Å²) in [4.78, 5) is 14.7. The fourth-order valence-corrected chi connectivity index (χ4v) is 1.89. The van der Waals surface area contributed by atoms with Gasteiger partial charge in [-0.15, -0.1) is 0 Å². The van der Waals surface area contributed by atoms with Crippen molar-refractivity contribution in [1.29, 1.82) is 0 Å². The molecule has 1 N–H and O–H groups in total. The largest absolute Gasteiger partial charge is 0.284 e. The second-order valence-electron chi connectivity index (χ2n) is 3.24. The Morgan fingerprint density at radius 2 is 2.07 bits per heavy atom. The van der Waals surface area contributed by atoms with Gasteiger partial charge in [0.1, 0.15) is 0 Å². The lowest BCUT2D eigenvalue weighted by atomic mass is 10.2. The van der Waals surface area contributed by atoms with Gasteiger partial charge in [-0.1, -0.05) is 0 Å². The maximum Gasteiger partial charge on any atom is 0.270 e. The second kappa shape index (κ2) is 3.16. The first kappa shape index (κ1) is 9.85. The average Bonchev–Trinajstić information content (AvgIpc) is 2.40. The van der Waals surface area contributed by atoms with Gasteiger partial charge in [-0.2, -0.15) is 0 Å². The molecule has 0 atom stereocenters. The fourth-order valence-electron chi connectivity index (χ4n) is 1.33. The van der Waals surface area contributed by atoms with E-state index in [1.165, 1.54) is 6.08 Å². The molecule has 0 saturated heterocycles. The molecule has 0 fully saturated rings. The van der Waals surface area contributed by atoms with Gasteiger partial charge in [0.2, 0.25) is 10.0 Å². The Labute approximate surface area is 86.2 Å². The SMILES string of the molecule is CS(=O)(=O)Nc1ccc2c(c1)=CC(=O)N=2. The normalized spacial score (nSPS) is 14.1. The topological polar surface area (TPSA) is 75.6 Å². The summed E-state index contributed by atoms with van der Waals surface area (Å²) in [6.45, 7) is 0. The van der Waals surface area contributed by atoms with Crippen LogP contribution in [0.15, 0.2) is 23.2 Å². The van der Waals surface area contributed by atoms with E-state index in [0.717, 1.165) is 6.26 Å². The Hall–Kier alpha value is -1.69. The van der Waals surface area contributed by atoms with Crippen molar-refractivity contribution >= 4 is 27.7 Å². The number of nitrogens with one attached hydrogen (secondary N) is 1. The summed E-state index contributed by atoms with van der Waals surface area (Å²) in [6.07, 6.45) is 2.43. The molecule has 0 aliphatic carbocycles. The molecule has 5 nitrogen and oxygen atoms in total. The first-order valence-corrected chi connectivity index (χ1v) is 6.05. The Morgan fingerprint density at radius 3 is 2.73 bits per heavy atom. The van der Waals surface area contributed by atoms with E-state index < -0.39 is 10.0 Å². The van der Waals surface area contributed by atoms with Gasteiger partial charge < -0.3 is 0 Å². The van der Waals surface area contributed by atoms with Crippen LogP contribution in [0.1, 0.15) is 0 Å². The number of amides is 1. The van der Waals surface area contributed by atoms with Gasteiger partial charge in [0.15, 0.2) is 0 Å². The zero-order valence-corrected chi connectivity index (χ0v) is 8.71. The van der Waals surface area contributed by atoms with Crippen molar-refractivity contribution in [2.45, 2.75) is 0 Å². The standard InChI is InChI=1S/C9H8N2O3S/c1-15(13,14)11-7-2-3-8-6(4-7)5-9(12)10-8/h2-5,11H,1H3. The molecule has 1 aliphatic heterocycles. The molecule has 78 valence electrons. The second-order valence-corrected chi connectivity index (χ2v) is 4.99. The van der Waals surface area contributed by atoms with Gasteiger partial charge in [-0.25, -0.2) is 13.4 Å². The summed E-state index contributed by atoms with van der Waals surface area (Å²) < 4.78 is 24.2. The van der Waals surface area contributed by atoms with Crippen molar-refractivity contribution in [3.8, 4) is 0 Å². The van der Waals surface area contributed by atoms with Crippen LogP contribution in [-0.4, -0.2) is 20.6 Å². The van der Waals surface area contributed by atoms with Crippen molar-refractivity contribution in [3.63, 3.8) is 0 Å². The quantitative estimate of drug-likeness (QED) is 0.700. The molecule has 1 aromatic carbocycles. The highest BCUT2D eigenvalue weighted by atomic mass is 32.2. The predicted octanol–water partition coefficient (Wildman–Crippen LogP) is -1.00. The Bertz CT molecular complexity index is 646. The van der Waals surface area contributed by atoms with Gasteiger partial charge in [0, 0.05) is 17.0 Å². The Morgan fingerprint density at radius 1 is 1.33 bits per heavy atom. The molecule has 0 spiro atoms.